The summed E-state index contributed by atoms with van der Waals surface area (Å²) in [5, 5.41) is 2.62. The first-order valence-corrected chi connectivity index (χ1v) is 6.19. The zero-order valence-electron chi connectivity index (χ0n) is 9.11. The lowest BCUT2D eigenvalue weighted by Crippen LogP contribution is -2.23. The van der Waals surface area contributed by atoms with Gasteiger partial charge in [-0.05, 0) is 18.2 Å². The highest BCUT2D eigenvalue weighted by atomic mass is 35.5. The Hall–Kier alpha value is -1.66. The molecule has 0 radical (unpaired) electrons. The number of nitrogen functional groups attached to an aromatic ring is 1. The SMILES string of the molecule is Nc1ncc(F)cc1C(=O)NCc1ccc(Cl)s1. The monoisotopic (exact) mass is 285 g/mol. The van der Waals surface area contributed by atoms with Crippen molar-refractivity contribution in [1.29, 1.82) is 0 Å². The van der Waals surface area contributed by atoms with Crippen LogP contribution in [0.1, 0.15) is 15.2 Å². The molecule has 4 nitrogen and oxygen atoms in total. The fourth-order valence-electron chi connectivity index (χ4n) is 1.34. The van der Waals surface area contributed by atoms with Crippen molar-refractivity contribution in [1.82, 2.24) is 10.3 Å². The lowest BCUT2D eigenvalue weighted by Gasteiger charge is -2.05. The second-order valence-corrected chi connectivity index (χ2v) is 5.27. The van der Waals surface area contributed by atoms with Crippen LogP contribution in [0.4, 0.5) is 10.2 Å². The molecular weight excluding hydrogens is 277 g/mol. The first kappa shape index (κ1) is 12.8. The lowest BCUT2D eigenvalue weighted by atomic mass is 10.2. The van der Waals surface area contributed by atoms with Crippen LogP contribution >= 0.6 is 22.9 Å². The largest absolute Gasteiger partial charge is 0.383 e. The molecule has 3 N–H and O–H groups in total. The number of amides is 1. The van der Waals surface area contributed by atoms with E-state index in [0.717, 1.165) is 17.1 Å². The Morgan fingerprint density at radius 2 is 2.33 bits per heavy atom. The van der Waals surface area contributed by atoms with Gasteiger partial charge in [0, 0.05) is 4.88 Å². The second-order valence-electron chi connectivity index (χ2n) is 3.47. The smallest absolute Gasteiger partial charge is 0.255 e. The van der Waals surface area contributed by atoms with Gasteiger partial charge >= 0.3 is 0 Å². The highest BCUT2D eigenvalue weighted by Gasteiger charge is 2.12. The number of carbonyl (C=O) groups is 1. The second kappa shape index (κ2) is 5.32. The summed E-state index contributed by atoms with van der Waals surface area (Å²) >= 11 is 7.13. The molecule has 0 aliphatic carbocycles. The van der Waals surface area contributed by atoms with Crippen LogP contribution in [0.3, 0.4) is 0 Å². The predicted octanol–water partition coefficient (Wildman–Crippen LogP) is 2.45. The molecule has 0 saturated carbocycles. The standard InChI is InChI=1S/C11H9ClFN3OS/c12-9-2-1-7(18-9)5-16-11(17)8-3-6(13)4-15-10(8)14/h1-4H,5H2,(H2,14,15)(H,16,17). The summed E-state index contributed by atoms with van der Waals surface area (Å²) in [5.41, 5.74) is 5.53. The van der Waals surface area contributed by atoms with Gasteiger partial charge in [0.1, 0.15) is 11.6 Å². The number of pyridine rings is 1. The van der Waals surface area contributed by atoms with E-state index < -0.39 is 11.7 Å². The molecule has 94 valence electrons. The molecule has 0 atom stereocenters. The molecular formula is C11H9ClFN3OS. The first-order valence-electron chi connectivity index (χ1n) is 4.99. The molecule has 1 amide bonds. The Bertz CT molecular complexity index is 587. The normalized spacial score (nSPS) is 10.3. The molecule has 0 saturated heterocycles. The number of nitrogens with zero attached hydrogens (tertiary/aromatic N) is 1. The van der Waals surface area contributed by atoms with Gasteiger partial charge in [0.2, 0.25) is 0 Å². The van der Waals surface area contributed by atoms with Gasteiger partial charge < -0.3 is 11.1 Å². The zero-order valence-corrected chi connectivity index (χ0v) is 10.7. The summed E-state index contributed by atoms with van der Waals surface area (Å²) in [6.45, 7) is 0.312. The number of hydrogen-bond donors (Lipinski definition) is 2. The first-order chi connectivity index (χ1) is 8.56. The maximum Gasteiger partial charge on any atom is 0.255 e. The minimum absolute atomic E-state index is 0.00175. The van der Waals surface area contributed by atoms with E-state index in [1.165, 1.54) is 11.3 Å². The van der Waals surface area contributed by atoms with E-state index in [-0.39, 0.29) is 11.4 Å². The van der Waals surface area contributed by atoms with Crippen LogP contribution in [0.15, 0.2) is 24.4 Å². The predicted molar refractivity (Wildman–Crippen MR) is 69.1 cm³/mol. The third-order valence-electron chi connectivity index (χ3n) is 2.18. The minimum Gasteiger partial charge on any atom is -0.383 e. The molecule has 2 aromatic heterocycles. The number of halogens is 2. The fraction of sp³-hybridized carbons (Fsp3) is 0.0909. The summed E-state index contributed by atoms with van der Waals surface area (Å²) < 4.78 is 13.6. The van der Waals surface area contributed by atoms with Crippen LogP contribution in [0.2, 0.25) is 4.34 Å². The highest BCUT2D eigenvalue weighted by Crippen LogP contribution is 2.21. The number of anilines is 1. The molecule has 2 heterocycles. The number of carbonyl (C=O) groups excluding carboxylic acids is 1. The molecule has 0 spiro atoms. The Kier molecular flexibility index (Phi) is 3.78. The van der Waals surface area contributed by atoms with Crippen molar-refractivity contribution in [3.8, 4) is 0 Å². The molecule has 2 aromatic rings. The number of nitrogens with one attached hydrogen (secondary N) is 1. The van der Waals surface area contributed by atoms with E-state index >= 15 is 0 Å². The van der Waals surface area contributed by atoms with E-state index in [2.05, 4.69) is 10.3 Å². The summed E-state index contributed by atoms with van der Waals surface area (Å²) in [7, 11) is 0. The van der Waals surface area contributed by atoms with Crippen molar-refractivity contribution in [3.05, 3.63) is 45.0 Å². The van der Waals surface area contributed by atoms with Gasteiger partial charge in [0.25, 0.3) is 5.91 Å². The number of rotatable bonds is 3. The van der Waals surface area contributed by atoms with Crippen LogP contribution < -0.4 is 11.1 Å². The van der Waals surface area contributed by atoms with Crippen molar-refractivity contribution in [3.63, 3.8) is 0 Å². The lowest BCUT2D eigenvalue weighted by molar-refractivity contribution is 0.0951. The Labute approximate surface area is 112 Å². The van der Waals surface area contributed by atoms with Crippen LogP contribution in [0.5, 0.6) is 0 Å². The fourth-order valence-corrected chi connectivity index (χ4v) is 2.37. The van der Waals surface area contributed by atoms with E-state index in [1.807, 2.05) is 0 Å². The molecule has 0 aromatic carbocycles. The van der Waals surface area contributed by atoms with E-state index in [1.54, 1.807) is 12.1 Å². The molecule has 0 unspecified atom stereocenters. The maximum atomic E-state index is 13.0. The molecule has 7 heteroatoms. The van der Waals surface area contributed by atoms with E-state index in [9.17, 15) is 9.18 Å². The molecule has 18 heavy (non-hydrogen) atoms. The van der Waals surface area contributed by atoms with Gasteiger partial charge in [-0.3, -0.25) is 4.79 Å². The van der Waals surface area contributed by atoms with Gasteiger partial charge in [-0.15, -0.1) is 11.3 Å². The van der Waals surface area contributed by atoms with Gasteiger partial charge in [-0.1, -0.05) is 11.6 Å². The molecule has 0 aliphatic heterocycles. The van der Waals surface area contributed by atoms with Gasteiger partial charge in [-0.2, -0.15) is 0 Å². The Morgan fingerprint density at radius 3 is 3.00 bits per heavy atom. The Morgan fingerprint density at radius 1 is 1.56 bits per heavy atom. The Balaban J connectivity index is 2.05. The molecule has 0 bridgehead atoms. The number of hydrogen-bond acceptors (Lipinski definition) is 4. The topological polar surface area (TPSA) is 68.0 Å². The van der Waals surface area contributed by atoms with E-state index in [4.69, 9.17) is 17.3 Å². The van der Waals surface area contributed by atoms with Gasteiger partial charge in [-0.25, -0.2) is 9.37 Å². The van der Waals surface area contributed by atoms with Crippen molar-refractivity contribution < 1.29 is 9.18 Å². The summed E-state index contributed by atoms with van der Waals surface area (Å²) in [4.78, 5) is 16.3. The molecule has 2 rings (SSSR count). The van der Waals surface area contributed by atoms with Crippen molar-refractivity contribution in [2.45, 2.75) is 6.54 Å². The average molecular weight is 286 g/mol. The quantitative estimate of drug-likeness (QED) is 0.910. The third kappa shape index (κ3) is 2.96. The number of aromatic nitrogens is 1. The highest BCUT2D eigenvalue weighted by molar-refractivity contribution is 7.16. The van der Waals surface area contributed by atoms with Gasteiger partial charge in [0.15, 0.2) is 0 Å². The van der Waals surface area contributed by atoms with Crippen molar-refractivity contribution >= 4 is 34.7 Å². The summed E-state index contributed by atoms with van der Waals surface area (Å²) in [6, 6.07) is 4.60. The maximum absolute atomic E-state index is 13.0. The summed E-state index contributed by atoms with van der Waals surface area (Å²) in [6.07, 6.45) is 0.963. The average Bonchev–Trinajstić information content (AvgIpc) is 2.75. The van der Waals surface area contributed by atoms with Gasteiger partial charge in [0.05, 0.1) is 22.6 Å². The van der Waals surface area contributed by atoms with E-state index in [0.29, 0.717) is 10.9 Å². The minimum atomic E-state index is -0.603. The van der Waals surface area contributed by atoms with Crippen molar-refractivity contribution in [2.24, 2.45) is 0 Å². The molecule has 0 fully saturated rings. The van der Waals surface area contributed by atoms with Crippen LogP contribution in [0.25, 0.3) is 0 Å². The summed E-state index contributed by atoms with van der Waals surface area (Å²) in [5.74, 6) is -1.07. The van der Waals surface area contributed by atoms with Crippen LogP contribution in [-0.4, -0.2) is 10.9 Å². The number of nitrogens with two attached hydrogens (primary N) is 1. The van der Waals surface area contributed by atoms with Crippen molar-refractivity contribution in [2.75, 3.05) is 5.73 Å². The van der Waals surface area contributed by atoms with Crippen LogP contribution in [0, 0.1) is 5.82 Å². The molecule has 0 aliphatic rings. The third-order valence-corrected chi connectivity index (χ3v) is 3.41. The zero-order chi connectivity index (χ0) is 13.1. The number of thiophene rings is 1. The van der Waals surface area contributed by atoms with Crippen LogP contribution in [-0.2, 0) is 6.54 Å².